The number of urea groups is 1. The maximum atomic E-state index is 14.0. The highest BCUT2D eigenvalue weighted by Crippen LogP contribution is 2.28. The van der Waals surface area contributed by atoms with Crippen molar-refractivity contribution >= 4 is 41.0 Å². The van der Waals surface area contributed by atoms with Gasteiger partial charge in [-0.25, -0.2) is 9.59 Å². The fourth-order valence-electron chi connectivity index (χ4n) is 7.57. The number of nitrogen functional groups attached to an aromatic ring is 1. The number of anilines is 2. The number of nitrogens with one attached hydrogen (secondary N) is 1. The Morgan fingerprint density at radius 3 is 2.33 bits per heavy atom. The molecule has 0 radical (unpaired) electrons. The Hall–Kier alpha value is -3.50. The van der Waals surface area contributed by atoms with Gasteiger partial charge in [-0.2, -0.15) is 0 Å². The molecule has 3 fully saturated rings. The van der Waals surface area contributed by atoms with E-state index < -0.39 is 12.2 Å². The van der Waals surface area contributed by atoms with Crippen LogP contribution in [-0.4, -0.2) is 102 Å². The average Bonchev–Trinajstić information content (AvgIpc) is 3.25. The lowest BCUT2D eigenvalue weighted by Crippen LogP contribution is -2.53. The molecule has 0 saturated carbocycles. The molecule has 10 nitrogen and oxygen atoms in total. The van der Waals surface area contributed by atoms with Crippen LogP contribution in [0.2, 0.25) is 5.02 Å². The van der Waals surface area contributed by atoms with Gasteiger partial charge in [-0.15, -0.1) is 0 Å². The third kappa shape index (κ3) is 7.39. The summed E-state index contributed by atoms with van der Waals surface area (Å²) in [6.07, 6.45) is 6.50. The van der Waals surface area contributed by atoms with Gasteiger partial charge in [0, 0.05) is 56.9 Å². The van der Waals surface area contributed by atoms with Crippen LogP contribution in [0.15, 0.2) is 36.4 Å². The number of benzene rings is 2. The van der Waals surface area contributed by atoms with Gasteiger partial charge in [0.1, 0.15) is 0 Å². The standard InChI is InChI=1S/C35H47ClN6O4/c1-24-21-25(22-29(36)32(24)37)23-31(33(43)40-16-10-27(11-17-40)39-14-5-2-6-15-39)46-35(45)41-18-12-28(13-19-41)42-20-9-26-7-3-4-8-30(26)38-34(42)44/h3-4,7-8,21-22,27-28,31H,2,5-6,9-20,23,37H2,1H3,(H,38,44)/t31-/m1/s1. The molecule has 0 spiro atoms. The van der Waals surface area contributed by atoms with Gasteiger partial charge in [-0.3, -0.25) is 4.79 Å². The number of nitrogens with two attached hydrogens (primary N) is 1. The molecule has 3 saturated heterocycles. The highest BCUT2D eigenvalue weighted by molar-refractivity contribution is 6.33. The number of para-hydroxylation sites is 1. The molecule has 2 aromatic rings. The summed E-state index contributed by atoms with van der Waals surface area (Å²) in [5, 5.41) is 3.48. The predicted molar refractivity (Wildman–Crippen MR) is 180 cm³/mol. The van der Waals surface area contributed by atoms with E-state index in [1.54, 1.807) is 11.0 Å². The maximum absolute atomic E-state index is 14.0. The normalized spacial score (nSPS) is 20.9. The third-order valence-electron chi connectivity index (χ3n) is 10.3. The zero-order valence-electron chi connectivity index (χ0n) is 26.9. The molecule has 46 heavy (non-hydrogen) atoms. The highest BCUT2D eigenvalue weighted by atomic mass is 35.5. The van der Waals surface area contributed by atoms with Crippen LogP contribution >= 0.6 is 11.6 Å². The van der Waals surface area contributed by atoms with Crippen molar-refractivity contribution in [1.82, 2.24) is 19.6 Å². The first-order chi connectivity index (χ1) is 22.3. The second-order valence-electron chi connectivity index (χ2n) is 13.3. The SMILES string of the molecule is Cc1cc(C[C@@H](OC(=O)N2CCC(N3CCc4ccccc4NC3=O)CC2)C(=O)N2CCC(N3CCCCC3)CC2)cc(Cl)c1N. The minimum atomic E-state index is -0.967. The second kappa shape index (κ2) is 14.5. The average molecular weight is 651 g/mol. The first kappa shape index (κ1) is 32.4. The summed E-state index contributed by atoms with van der Waals surface area (Å²) in [5.41, 5.74) is 10.2. The van der Waals surface area contributed by atoms with Crippen LogP contribution < -0.4 is 11.1 Å². The largest absolute Gasteiger partial charge is 0.436 e. The number of likely N-dealkylation sites (tertiary alicyclic amines) is 3. The van der Waals surface area contributed by atoms with Crippen molar-refractivity contribution in [2.75, 3.05) is 56.9 Å². The van der Waals surface area contributed by atoms with Gasteiger partial charge in [0.25, 0.3) is 5.91 Å². The van der Waals surface area contributed by atoms with Gasteiger partial charge in [-0.1, -0.05) is 42.3 Å². The lowest BCUT2D eigenvalue weighted by molar-refractivity contribution is -0.142. The molecule has 0 aromatic heterocycles. The Morgan fingerprint density at radius 1 is 0.935 bits per heavy atom. The molecular formula is C35H47ClN6O4. The number of halogens is 1. The van der Waals surface area contributed by atoms with E-state index in [1.807, 2.05) is 47.1 Å². The lowest BCUT2D eigenvalue weighted by atomic mass is 9.98. The molecule has 0 unspecified atom stereocenters. The zero-order chi connectivity index (χ0) is 32.2. The number of carbonyl (C=O) groups excluding carboxylic acids is 3. The van der Waals surface area contributed by atoms with E-state index in [0.717, 1.165) is 54.7 Å². The summed E-state index contributed by atoms with van der Waals surface area (Å²) in [5.74, 6) is -0.160. The monoisotopic (exact) mass is 650 g/mol. The van der Waals surface area contributed by atoms with Gasteiger partial charge in [-0.05, 0) is 93.8 Å². The molecule has 3 N–H and O–H groups in total. The van der Waals surface area contributed by atoms with Crippen LogP contribution in [0.5, 0.6) is 0 Å². The van der Waals surface area contributed by atoms with Crippen LogP contribution in [0.1, 0.15) is 61.6 Å². The number of hydrogen-bond donors (Lipinski definition) is 2. The number of hydrogen-bond acceptors (Lipinski definition) is 6. The third-order valence-corrected chi connectivity index (χ3v) is 10.6. The van der Waals surface area contributed by atoms with Crippen molar-refractivity contribution in [2.24, 2.45) is 0 Å². The molecule has 0 bridgehead atoms. The summed E-state index contributed by atoms with van der Waals surface area (Å²) in [6, 6.07) is 12.0. The van der Waals surface area contributed by atoms with E-state index in [-0.39, 0.29) is 24.4 Å². The molecule has 2 aromatic carbocycles. The van der Waals surface area contributed by atoms with Crippen molar-refractivity contribution in [3.63, 3.8) is 0 Å². The molecule has 11 heteroatoms. The Balaban J connectivity index is 1.09. The fourth-order valence-corrected chi connectivity index (χ4v) is 7.86. The minimum absolute atomic E-state index is 0.0249. The molecule has 4 amide bonds. The number of ether oxygens (including phenoxy) is 1. The fraction of sp³-hybridized carbons (Fsp3) is 0.571. The van der Waals surface area contributed by atoms with Crippen LogP contribution in [0, 0.1) is 6.92 Å². The first-order valence-electron chi connectivity index (χ1n) is 16.9. The van der Waals surface area contributed by atoms with E-state index in [2.05, 4.69) is 10.2 Å². The number of piperidine rings is 3. The van der Waals surface area contributed by atoms with Gasteiger partial charge in [0.05, 0.1) is 10.7 Å². The van der Waals surface area contributed by atoms with Gasteiger partial charge in [0.15, 0.2) is 6.10 Å². The number of fused-ring (bicyclic) bond motifs is 1. The molecule has 4 aliphatic rings. The molecule has 4 aliphatic heterocycles. The Kier molecular flexibility index (Phi) is 10.2. The molecule has 6 rings (SSSR count). The van der Waals surface area contributed by atoms with E-state index in [0.29, 0.717) is 62.3 Å². The van der Waals surface area contributed by atoms with Crippen LogP contribution in [0.3, 0.4) is 0 Å². The van der Waals surface area contributed by atoms with E-state index in [4.69, 9.17) is 22.1 Å². The van der Waals surface area contributed by atoms with E-state index in [1.165, 1.54) is 19.3 Å². The number of carbonyl (C=O) groups is 3. The Bertz CT molecular complexity index is 1390. The molecule has 248 valence electrons. The number of aryl methyl sites for hydroxylation is 1. The maximum Gasteiger partial charge on any atom is 0.410 e. The topological polar surface area (TPSA) is 111 Å². The summed E-state index contributed by atoms with van der Waals surface area (Å²) >= 11 is 6.40. The van der Waals surface area contributed by atoms with E-state index >= 15 is 0 Å². The van der Waals surface area contributed by atoms with Crippen molar-refractivity contribution in [3.05, 3.63) is 58.1 Å². The summed E-state index contributed by atoms with van der Waals surface area (Å²) in [6.45, 7) is 7.01. The molecule has 0 aliphatic carbocycles. The second-order valence-corrected chi connectivity index (χ2v) is 13.7. The number of rotatable bonds is 6. The Morgan fingerprint density at radius 2 is 1.61 bits per heavy atom. The number of amides is 4. The van der Waals surface area contributed by atoms with Crippen molar-refractivity contribution < 1.29 is 19.1 Å². The molecule has 1 atom stereocenters. The molecular weight excluding hydrogens is 604 g/mol. The van der Waals surface area contributed by atoms with Crippen molar-refractivity contribution in [2.45, 2.75) is 82.9 Å². The van der Waals surface area contributed by atoms with Crippen LogP contribution in [-0.2, 0) is 22.4 Å². The molecule has 4 heterocycles. The lowest BCUT2D eigenvalue weighted by Gasteiger charge is -2.41. The predicted octanol–water partition coefficient (Wildman–Crippen LogP) is 5.31. The minimum Gasteiger partial charge on any atom is -0.436 e. The van der Waals surface area contributed by atoms with Gasteiger partial charge < -0.3 is 35.4 Å². The number of nitrogens with zero attached hydrogens (tertiary/aromatic N) is 4. The zero-order valence-corrected chi connectivity index (χ0v) is 27.6. The van der Waals surface area contributed by atoms with Gasteiger partial charge >= 0.3 is 12.1 Å². The van der Waals surface area contributed by atoms with Gasteiger partial charge in [0.2, 0.25) is 0 Å². The van der Waals surface area contributed by atoms with Crippen molar-refractivity contribution in [3.8, 4) is 0 Å². The highest BCUT2D eigenvalue weighted by Gasteiger charge is 2.36. The first-order valence-corrected chi connectivity index (χ1v) is 17.3. The Labute approximate surface area is 277 Å². The van der Waals surface area contributed by atoms with Crippen molar-refractivity contribution in [1.29, 1.82) is 0 Å². The summed E-state index contributed by atoms with van der Waals surface area (Å²) < 4.78 is 6.04. The quantitative estimate of drug-likeness (QED) is 0.410. The van der Waals surface area contributed by atoms with E-state index in [9.17, 15) is 14.4 Å². The summed E-state index contributed by atoms with van der Waals surface area (Å²) in [7, 11) is 0. The van der Waals surface area contributed by atoms with Crippen LogP contribution in [0.4, 0.5) is 21.0 Å². The smallest absolute Gasteiger partial charge is 0.410 e. The van der Waals surface area contributed by atoms with Crippen LogP contribution in [0.25, 0.3) is 0 Å². The summed E-state index contributed by atoms with van der Waals surface area (Å²) in [4.78, 5) is 48.6.